The lowest BCUT2D eigenvalue weighted by Crippen LogP contribution is -2.15. The molecule has 4 aromatic rings. The number of fused-ring (bicyclic) bond motifs is 1. The van der Waals surface area contributed by atoms with Crippen molar-refractivity contribution in [3.63, 3.8) is 0 Å². The monoisotopic (exact) mass is 463 g/mol. The first kappa shape index (κ1) is 22.7. The first-order chi connectivity index (χ1) is 15.9. The number of H-pyrrole nitrogens is 1. The van der Waals surface area contributed by atoms with Crippen LogP contribution in [0, 0.1) is 0 Å². The first-order valence-corrected chi connectivity index (χ1v) is 11.6. The summed E-state index contributed by atoms with van der Waals surface area (Å²) in [5, 5.41) is 0.355. The molecule has 1 aromatic heterocycles. The average Bonchev–Trinajstić information content (AvgIpc) is 3.27. The Balaban J connectivity index is 1.63. The summed E-state index contributed by atoms with van der Waals surface area (Å²) in [5.74, 6) is 1.34. The van der Waals surface area contributed by atoms with Gasteiger partial charge >= 0.3 is 5.16 Å². The molecule has 3 aromatic carbocycles. The van der Waals surface area contributed by atoms with E-state index in [0.717, 1.165) is 16.8 Å². The molecule has 0 aliphatic heterocycles. The molecule has 0 radical (unpaired) electrons. The lowest BCUT2D eigenvalue weighted by molar-refractivity contribution is 0.103. The van der Waals surface area contributed by atoms with Gasteiger partial charge in [0.1, 0.15) is 5.75 Å². The topological polar surface area (TPSA) is 90.5 Å². The van der Waals surface area contributed by atoms with E-state index in [9.17, 15) is 9.35 Å². The molecule has 1 N–H and O–H groups in total. The van der Waals surface area contributed by atoms with Crippen molar-refractivity contribution in [3.8, 4) is 11.5 Å². The summed E-state index contributed by atoms with van der Waals surface area (Å²) >= 11 is -1.44. The normalized spacial score (nSPS) is 11.9. The molecule has 4 rings (SSSR count). The number of anilines is 1. The zero-order chi connectivity index (χ0) is 23.5. The van der Waals surface area contributed by atoms with E-state index in [-0.39, 0.29) is 11.5 Å². The predicted molar refractivity (Wildman–Crippen MR) is 130 cm³/mol. The highest BCUT2D eigenvalue weighted by Crippen LogP contribution is 2.36. The molecule has 0 aliphatic rings. The molecule has 0 bridgehead atoms. The molecule has 0 aliphatic carbocycles. The van der Waals surface area contributed by atoms with E-state index in [0.29, 0.717) is 33.3 Å². The van der Waals surface area contributed by atoms with Gasteiger partial charge in [-0.2, -0.15) is 4.98 Å². The number of ketones is 1. The van der Waals surface area contributed by atoms with Gasteiger partial charge in [0.2, 0.25) is 0 Å². The Labute approximate surface area is 195 Å². The Kier molecular flexibility index (Phi) is 6.57. The third kappa shape index (κ3) is 4.67. The van der Waals surface area contributed by atoms with Crippen molar-refractivity contribution in [1.29, 1.82) is 0 Å². The van der Waals surface area contributed by atoms with Gasteiger partial charge in [-0.25, -0.2) is 0 Å². The maximum absolute atomic E-state index is 13.2. The number of hydrogen-bond donors (Lipinski definition) is 1. The molecule has 0 amide bonds. The third-order valence-electron chi connectivity index (χ3n) is 5.33. The standard InChI is InChI=1S/C25H25N3O4S/c1-28(2)21-14-23(32-4)22(31-3)13-18(21)15-33(30)25-26-19-11-10-17(12-20(19)27-25)24(29)16-8-6-5-7-9-16/h5-14H,15H2,1-4H3,(H,26,27). The molecule has 0 spiro atoms. The molecule has 1 atom stereocenters. The van der Waals surface area contributed by atoms with Crippen LogP contribution < -0.4 is 14.4 Å². The summed E-state index contributed by atoms with van der Waals surface area (Å²) < 4.78 is 24.0. The van der Waals surface area contributed by atoms with Crippen LogP contribution in [0.15, 0.2) is 65.8 Å². The molecule has 1 heterocycles. The van der Waals surface area contributed by atoms with E-state index in [2.05, 4.69) is 9.97 Å². The number of aromatic nitrogens is 2. The number of ether oxygens (including phenoxy) is 2. The summed E-state index contributed by atoms with van der Waals surface area (Å²) in [6.45, 7) is 0. The summed E-state index contributed by atoms with van der Waals surface area (Å²) in [6.07, 6.45) is 0. The van der Waals surface area contributed by atoms with Crippen molar-refractivity contribution >= 4 is 33.7 Å². The second kappa shape index (κ2) is 9.56. The Morgan fingerprint density at radius 2 is 1.70 bits per heavy atom. The van der Waals surface area contributed by atoms with Crippen LogP contribution in [0.5, 0.6) is 11.5 Å². The van der Waals surface area contributed by atoms with E-state index in [1.165, 1.54) is 0 Å². The molecule has 170 valence electrons. The van der Waals surface area contributed by atoms with Gasteiger partial charge in [-0.3, -0.25) is 9.78 Å². The largest absolute Gasteiger partial charge is 0.609 e. The minimum atomic E-state index is -1.44. The van der Waals surface area contributed by atoms with Gasteiger partial charge in [-0.15, -0.1) is 0 Å². The average molecular weight is 464 g/mol. The zero-order valence-electron chi connectivity index (χ0n) is 18.9. The van der Waals surface area contributed by atoms with E-state index < -0.39 is 11.2 Å². The lowest BCUT2D eigenvalue weighted by atomic mass is 10.0. The second-order valence-corrected chi connectivity index (χ2v) is 9.06. The Morgan fingerprint density at radius 3 is 2.36 bits per heavy atom. The number of carbonyl (C=O) groups is 1. The van der Waals surface area contributed by atoms with Gasteiger partial charge < -0.3 is 18.9 Å². The van der Waals surface area contributed by atoms with Crippen LogP contribution in [-0.4, -0.2) is 48.6 Å². The Hall–Kier alpha value is -3.49. The fourth-order valence-corrected chi connectivity index (χ4v) is 4.71. The number of benzene rings is 3. The van der Waals surface area contributed by atoms with Gasteiger partial charge in [-0.1, -0.05) is 30.3 Å². The summed E-state index contributed by atoms with van der Waals surface area (Å²) in [4.78, 5) is 22.3. The number of hydrogen-bond acceptors (Lipinski definition) is 6. The second-order valence-electron chi connectivity index (χ2n) is 7.69. The molecule has 1 unspecified atom stereocenters. The lowest BCUT2D eigenvalue weighted by Gasteiger charge is -2.20. The van der Waals surface area contributed by atoms with Crippen molar-refractivity contribution < 1.29 is 18.8 Å². The van der Waals surface area contributed by atoms with Crippen LogP contribution >= 0.6 is 0 Å². The highest BCUT2D eigenvalue weighted by atomic mass is 32.2. The fourth-order valence-electron chi connectivity index (χ4n) is 3.64. The maximum atomic E-state index is 13.2. The number of carbonyl (C=O) groups excluding carboxylic acids is 1. The molecule has 0 saturated carbocycles. The number of imidazole rings is 1. The van der Waals surface area contributed by atoms with Crippen molar-refractivity contribution in [1.82, 2.24) is 9.97 Å². The summed E-state index contributed by atoms with van der Waals surface area (Å²) in [6, 6.07) is 18.1. The number of rotatable bonds is 8. The Morgan fingerprint density at radius 1 is 1.00 bits per heavy atom. The first-order valence-electron chi connectivity index (χ1n) is 10.3. The fraction of sp³-hybridized carbons (Fsp3) is 0.200. The minimum absolute atomic E-state index is 0.0795. The third-order valence-corrected chi connectivity index (χ3v) is 6.53. The minimum Gasteiger partial charge on any atom is -0.609 e. The highest BCUT2D eigenvalue weighted by Gasteiger charge is 2.22. The number of nitrogens with zero attached hydrogens (tertiary/aromatic N) is 2. The number of aromatic amines is 1. The molecular weight excluding hydrogens is 438 g/mol. The molecule has 0 fully saturated rings. The number of nitrogens with one attached hydrogen (secondary N) is 1. The van der Waals surface area contributed by atoms with E-state index in [1.54, 1.807) is 44.6 Å². The van der Waals surface area contributed by atoms with Crippen LogP contribution in [0.25, 0.3) is 11.0 Å². The molecule has 33 heavy (non-hydrogen) atoms. The van der Waals surface area contributed by atoms with Gasteiger partial charge in [0.15, 0.2) is 17.3 Å². The molecule has 0 saturated heterocycles. The van der Waals surface area contributed by atoms with Crippen LogP contribution in [0.1, 0.15) is 21.5 Å². The van der Waals surface area contributed by atoms with Crippen LogP contribution in [-0.2, 0) is 16.9 Å². The molecule has 7 nitrogen and oxygen atoms in total. The van der Waals surface area contributed by atoms with E-state index in [1.807, 2.05) is 49.3 Å². The summed E-state index contributed by atoms with van der Waals surface area (Å²) in [5.41, 5.74) is 4.20. The molecular formula is C25H25N3O4S. The van der Waals surface area contributed by atoms with E-state index in [4.69, 9.17) is 9.47 Å². The van der Waals surface area contributed by atoms with Crippen molar-refractivity contribution in [2.24, 2.45) is 0 Å². The van der Waals surface area contributed by atoms with Crippen LogP contribution in [0.4, 0.5) is 5.69 Å². The van der Waals surface area contributed by atoms with E-state index >= 15 is 0 Å². The van der Waals surface area contributed by atoms with Gasteiger partial charge in [-0.05, 0) is 24.3 Å². The van der Waals surface area contributed by atoms with Crippen LogP contribution in [0.2, 0.25) is 0 Å². The van der Waals surface area contributed by atoms with Crippen molar-refractivity contribution in [2.45, 2.75) is 10.9 Å². The smallest absolute Gasteiger partial charge is 0.321 e. The van der Waals surface area contributed by atoms with Gasteiger partial charge in [0.05, 0.1) is 25.3 Å². The highest BCUT2D eigenvalue weighted by molar-refractivity contribution is 7.90. The quantitative estimate of drug-likeness (QED) is 0.311. The maximum Gasteiger partial charge on any atom is 0.321 e. The Bertz CT molecular complexity index is 1290. The summed E-state index contributed by atoms with van der Waals surface area (Å²) in [7, 11) is 6.99. The number of methoxy groups -OCH3 is 2. The zero-order valence-corrected chi connectivity index (χ0v) is 19.7. The SMILES string of the molecule is COc1cc(C[S+]([O-])c2nc3cc(C(=O)c4ccccc4)ccc3[nH]2)c(N(C)C)cc1OC. The van der Waals surface area contributed by atoms with Gasteiger partial charge in [0, 0.05) is 53.7 Å². The molecule has 8 heteroatoms. The van der Waals surface area contributed by atoms with Crippen LogP contribution in [0.3, 0.4) is 0 Å². The van der Waals surface area contributed by atoms with Gasteiger partial charge in [0.25, 0.3) is 0 Å². The predicted octanol–water partition coefficient (Wildman–Crippen LogP) is 4.18. The van der Waals surface area contributed by atoms with Crippen molar-refractivity contribution in [3.05, 3.63) is 77.4 Å². The van der Waals surface area contributed by atoms with Crippen molar-refractivity contribution in [2.75, 3.05) is 33.2 Å².